The maximum atomic E-state index is 13.0. The molecule has 3 aromatic carbocycles. The number of furan rings is 1. The predicted octanol–water partition coefficient (Wildman–Crippen LogP) is 5.28. The summed E-state index contributed by atoms with van der Waals surface area (Å²) in [4.78, 5) is 13.7. The Morgan fingerprint density at radius 2 is 1.56 bits per heavy atom. The van der Waals surface area contributed by atoms with E-state index in [0.717, 1.165) is 15.8 Å². The molecule has 0 amide bonds. The van der Waals surface area contributed by atoms with Crippen LogP contribution in [0, 0.1) is 6.92 Å². The maximum Gasteiger partial charge on any atom is 0.228 e. The Kier molecular flexibility index (Phi) is 4.73. The Morgan fingerprint density at radius 1 is 0.889 bits per heavy atom. The minimum atomic E-state index is -1.27. The number of para-hydroxylation sites is 1. The fourth-order valence-electron chi connectivity index (χ4n) is 3.05. The number of carbonyl (C=O) groups excluding carboxylic acids is 1. The third-order valence-corrected chi connectivity index (χ3v) is 5.85. The lowest BCUT2D eigenvalue weighted by atomic mass is 10.0. The van der Waals surface area contributed by atoms with Crippen molar-refractivity contribution < 1.29 is 13.4 Å². The second-order valence-electron chi connectivity index (χ2n) is 6.40. The first-order valence-corrected chi connectivity index (χ1v) is 10.0. The van der Waals surface area contributed by atoms with Crippen LogP contribution in [0.15, 0.2) is 88.2 Å². The van der Waals surface area contributed by atoms with Crippen LogP contribution in [0.2, 0.25) is 0 Å². The van der Waals surface area contributed by atoms with Crippen LogP contribution >= 0.6 is 0 Å². The van der Waals surface area contributed by atoms with E-state index in [2.05, 4.69) is 0 Å². The first-order valence-electron chi connectivity index (χ1n) is 8.68. The van der Waals surface area contributed by atoms with E-state index >= 15 is 0 Å². The summed E-state index contributed by atoms with van der Waals surface area (Å²) in [5.74, 6) is 0.305. The van der Waals surface area contributed by atoms with E-state index in [1.807, 2.05) is 73.7 Å². The number of hydrogen-bond acceptors (Lipinski definition) is 3. The van der Waals surface area contributed by atoms with Gasteiger partial charge < -0.3 is 4.42 Å². The van der Waals surface area contributed by atoms with Crippen molar-refractivity contribution in [1.29, 1.82) is 0 Å². The molecule has 0 aliphatic carbocycles. The summed E-state index contributed by atoms with van der Waals surface area (Å²) in [7, 11) is -1.27. The standard InChI is InChI=1S/C23H18O3S/c1-16-11-13-18(14-12-16)27(25)15-20-19-9-5-6-10-21(19)26-23(20)22(24)17-7-3-2-4-8-17/h2-14H,15H2,1H3/t27-/m1/s1. The number of carbonyl (C=O) groups is 1. The molecule has 0 saturated heterocycles. The first-order chi connectivity index (χ1) is 13.1. The Morgan fingerprint density at radius 3 is 2.30 bits per heavy atom. The largest absolute Gasteiger partial charge is 0.452 e. The monoisotopic (exact) mass is 374 g/mol. The molecule has 0 unspecified atom stereocenters. The third-order valence-electron chi connectivity index (χ3n) is 4.50. The van der Waals surface area contributed by atoms with Crippen LogP contribution < -0.4 is 0 Å². The van der Waals surface area contributed by atoms with E-state index in [1.165, 1.54) is 0 Å². The van der Waals surface area contributed by atoms with Crippen LogP contribution in [-0.2, 0) is 16.6 Å². The highest BCUT2D eigenvalue weighted by Crippen LogP contribution is 2.30. The first kappa shape index (κ1) is 17.4. The summed E-state index contributed by atoms with van der Waals surface area (Å²) in [6.07, 6.45) is 0. The summed E-state index contributed by atoms with van der Waals surface area (Å²) < 4.78 is 18.8. The normalized spacial score (nSPS) is 12.2. The number of hydrogen-bond donors (Lipinski definition) is 0. The van der Waals surface area contributed by atoms with Crippen LogP contribution in [0.25, 0.3) is 11.0 Å². The fourth-order valence-corrected chi connectivity index (χ4v) is 4.21. The van der Waals surface area contributed by atoms with Gasteiger partial charge >= 0.3 is 0 Å². The number of ketones is 1. The Balaban J connectivity index is 1.78. The van der Waals surface area contributed by atoms with Crippen LogP contribution in [-0.4, -0.2) is 9.99 Å². The minimum absolute atomic E-state index is 0.192. The summed E-state index contributed by atoms with van der Waals surface area (Å²) >= 11 is 0. The Bertz CT molecular complexity index is 1130. The number of benzene rings is 3. The van der Waals surface area contributed by atoms with Crippen LogP contribution in [0.5, 0.6) is 0 Å². The van der Waals surface area contributed by atoms with E-state index < -0.39 is 10.8 Å². The van der Waals surface area contributed by atoms with E-state index in [0.29, 0.717) is 16.7 Å². The predicted molar refractivity (Wildman–Crippen MR) is 107 cm³/mol. The van der Waals surface area contributed by atoms with Crippen molar-refractivity contribution in [2.45, 2.75) is 17.6 Å². The molecule has 3 nitrogen and oxygen atoms in total. The molecule has 0 aliphatic heterocycles. The van der Waals surface area contributed by atoms with Gasteiger partial charge in [0.05, 0.1) is 16.6 Å². The minimum Gasteiger partial charge on any atom is -0.452 e. The van der Waals surface area contributed by atoms with Crippen molar-refractivity contribution >= 4 is 27.6 Å². The van der Waals surface area contributed by atoms with Crippen LogP contribution in [0.3, 0.4) is 0 Å². The SMILES string of the molecule is Cc1ccc([S@](=O)Cc2c(C(=O)c3ccccc3)oc3ccccc23)cc1. The molecular formula is C23H18O3S. The lowest BCUT2D eigenvalue weighted by Crippen LogP contribution is -2.05. The number of rotatable bonds is 5. The lowest BCUT2D eigenvalue weighted by Gasteiger charge is -2.05. The van der Waals surface area contributed by atoms with Crippen molar-refractivity contribution in [2.75, 3.05) is 0 Å². The van der Waals surface area contributed by atoms with Crippen LogP contribution in [0.1, 0.15) is 27.2 Å². The average Bonchev–Trinajstić information content (AvgIpc) is 3.07. The van der Waals surface area contributed by atoms with Gasteiger partial charge in [-0.15, -0.1) is 0 Å². The van der Waals surface area contributed by atoms with Crippen molar-refractivity contribution in [3.05, 3.63) is 101 Å². The molecule has 1 heterocycles. The molecule has 0 spiro atoms. The Hall–Kier alpha value is -2.98. The van der Waals surface area contributed by atoms with Gasteiger partial charge in [0.1, 0.15) is 5.58 Å². The molecule has 27 heavy (non-hydrogen) atoms. The van der Waals surface area contributed by atoms with Crippen molar-refractivity contribution in [3.63, 3.8) is 0 Å². The van der Waals surface area contributed by atoms with E-state index in [1.54, 1.807) is 12.1 Å². The molecule has 1 aromatic heterocycles. The van der Waals surface area contributed by atoms with Gasteiger partial charge in [0.15, 0.2) is 5.76 Å². The Labute approximate surface area is 160 Å². The summed E-state index contributed by atoms with van der Waals surface area (Å²) in [5.41, 5.74) is 2.99. The molecule has 0 fully saturated rings. The molecular weight excluding hydrogens is 356 g/mol. The van der Waals surface area contributed by atoms with Gasteiger partial charge in [0, 0.05) is 21.4 Å². The molecule has 0 aliphatic rings. The van der Waals surface area contributed by atoms with Crippen LogP contribution in [0.4, 0.5) is 0 Å². The fraction of sp³-hybridized carbons (Fsp3) is 0.0870. The molecule has 0 saturated carbocycles. The number of fused-ring (bicyclic) bond motifs is 1. The third kappa shape index (κ3) is 3.49. The molecule has 4 heteroatoms. The van der Waals surface area contributed by atoms with Gasteiger partial charge in [-0.25, -0.2) is 0 Å². The zero-order chi connectivity index (χ0) is 18.8. The van der Waals surface area contributed by atoms with Gasteiger partial charge in [-0.05, 0) is 25.1 Å². The summed E-state index contributed by atoms with van der Waals surface area (Å²) in [5, 5.41) is 0.831. The van der Waals surface area contributed by atoms with Gasteiger partial charge in [-0.2, -0.15) is 0 Å². The topological polar surface area (TPSA) is 47.3 Å². The molecule has 0 N–H and O–H groups in total. The van der Waals surface area contributed by atoms with Gasteiger partial charge in [0.25, 0.3) is 0 Å². The van der Waals surface area contributed by atoms with Crippen molar-refractivity contribution in [1.82, 2.24) is 0 Å². The van der Waals surface area contributed by atoms with Gasteiger partial charge in [-0.3, -0.25) is 9.00 Å². The lowest BCUT2D eigenvalue weighted by molar-refractivity contribution is 0.101. The van der Waals surface area contributed by atoms with Crippen molar-refractivity contribution in [3.8, 4) is 0 Å². The van der Waals surface area contributed by atoms with Crippen molar-refractivity contribution in [2.24, 2.45) is 0 Å². The molecule has 1 atom stereocenters. The smallest absolute Gasteiger partial charge is 0.228 e. The second kappa shape index (κ2) is 7.33. The summed E-state index contributed by atoms with van der Waals surface area (Å²) in [6.45, 7) is 1.99. The molecule has 0 bridgehead atoms. The number of aryl methyl sites for hydroxylation is 1. The molecule has 134 valence electrons. The van der Waals surface area contributed by atoms with E-state index in [9.17, 15) is 9.00 Å². The van der Waals surface area contributed by atoms with E-state index in [4.69, 9.17) is 4.42 Å². The highest BCUT2D eigenvalue weighted by molar-refractivity contribution is 7.84. The van der Waals surface area contributed by atoms with Gasteiger partial charge in [0.2, 0.25) is 5.78 Å². The molecule has 0 radical (unpaired) electrons. The quantitative estimate of drug-likeness (QED) is 0.447. The highest BCUT2D eigenvalue weighted by Gasteiger charge is 2.23. The molecule has 4 rings (SSSR count). The zero-order valence-electron chi connectivity index (χ0n) is 14.8. The zero-order valence-corrected chi connectivity index (χ0v) is 15.7. The molecule has 4 aromatic rings. The van der Waals surface area contributed by atoms with E-state index in [-0.39, 0.29) is 17.3 Å². The van der Waals surface area contributed by atoms with Gasteiger partial charge in [-0.1, -0.05) is 66.2 Å². The second-order valence-corrected chi connectivity index (χ2v) is 7.86. The summed E-state index contributed by atoms with van der Waals surface area (Å²) in [6, 6.07) is 24.1. The average molecular weight is 374 g/mol. The maximum absolute atomic E-state index is 13.0. The highest BCUT2D eigenvalue weighted by atomic mass is 32.2.